The molecule has 1 aromatic heterocycles. The molecule has 2 aromatic rings. The van der Waals surface area contributed by atoms with Gasteiger partial charge in [0.25, 0.3) is 0 Å². The number of benzene rings is 1. The summed E-state index contributed by atoms with van der Waals surface area (Å²) in [6, 6.07) is 5.75. The highest BCUT2D eigenvalue weighted by Crippen LogP contribution is 2.40. The SMILES string of the molecule is Cc1noc(CCC(=O)Nc2ccccc2SC(F)(F)F)n1. The normalized spacial score (nSPS) is 11.5. The van der Waals surface area contributed by atoms with Crippen molar-refractivity contribution in [2.24, 2.45) is 0 Å². The smallest absolute Gasteiger partial charge is 0.339 e. The Bertz CT molecular complexity index is 658. The Labute approximate surface area is 128 Å². The van der Waals surface area contributed by atoms with Crippen molar-refractivity contribution in [2.45, 2.75) is 30.2 Å². The lowest BCUT2D eigenvalue weighted by Gasteiger charge is -2.11. The molecule has 0 atom stereocenters. The van der Waals surface area contributed by atoms with Crippen LogP contribution < -0.4 is 5.32 Å². The van der Waals surface area contributed by atoms with Crippen molar-refractivity contribution in [1.29, 1.82) is 0 Å². The fraction of sp³-hybridized carbons (Fsp3) is 0.308. The second-order valence-corrected chi connectivity index (χ2v) is 5.43. The molecule has 1 aromatic carbocycles. The van der Waals surface area contributed by atoms with E-state index in [-0.39, 0.29) is 35.2 Å². The highest BCUT2D eigenvalue weighted by Gasteiger charge is 2.30. The highest BCUT2D eigenvalue weighted by atomic mass is 32.2. The van der Waals surface area contributed by atoms with Crippen molar-refractivity contribution in [3.05, 3.63) is 36.0 Å². The minimum Gasteiger partial charge on any atom is -0.339 e. The first-order chi connectivity index (χ1) is 10.3. The number of halogens is 3. The van der Waals surface area contributed by atoms with Crippen LogP contribution >= 0.6 is 11.8 Å². The number of amides is 1. The van der Waals surface area contributed by atoms with Gasteiger partial charge in [-0.15, -0.1) is 0 Å². The Morgan fingerprint density at radius 3 is 2.73 bits per heavy atom. The van der Waals surface area contributed by atoms with Crippen LogP contribution in [0.15, 0.2) is 33.7 Å². The molecule has 0 saturated heterocycles. The second-order valence-electron chi connectivity index (χ2n) is 4.33. The van der Waals surface area contributed by atoms with Crippen LogP contribution in [-0.4, -0.2) is 21.6 Å². The lowest BCUT2D eigenvalue weighted by atomic mass is 10.2. The van der Waals surface area contributed by atoms with Crippen LogP contribution in [0.25, 0.3) is 0 Å². The predicted octanol–water partition coefficient (Wildman–Crippen LogP) is 3.56. The number of aromatic nitrogens is 2. The maximum atomic E-state index is 12.5. The Balaban J connectivity index is 1.96. The molecule has 0 aliphatic carbocycles. The number of hydrogen-bond acceptors (Lipinski definition) is 5. The average molecular weight is 331 g/mol. The number of nitrogens with zero attached hydrogens (tertiary/aromatic N) is 2. The van der Waals surface area contributed by atoms with Crippen molar-refractivity contribution < 1.29 is 22.5 Å². The number of aryl methyl sites for hydroxylation is 2. The summed E-state index contributed by atoms with van der Waals surface area (Å²) in [6.07, 6.45) is 0.258. The number of nitrogens with one attached hydrogen (secondary N) is 1. The van der Waals surface area contributed by atoms with E-state index < -0.39 is 11.4 Å². The Kier molecular flexibility index (Phi) is 5.07. The van der Waals surface area contributed by atoms with Gasteiger partial charge in [-0.25, -0.2) is 0 Å². The van der Waals surface area contributed by atoms with E-state index in [1.165, 1.54) is 18.2 Å². The van der Waals surface area contributed by atoms with Crippen LogP contribution in [0.2, 0.25) is 0 Å². The molecule has 118 valence electrons. The first-order valence-corrected chi connectivity index (χ1v) is 7.09. The van der Waals surface area contributed by atoms with Crippen LogP contribution in [-0.2, 0) is 11.2 Å². The summed E-state index contributed by atoms with van der Waals surface area (Å²) in [5, 5.41) is 6.05. The molecule has 9 heteroatoms. The van der Waals surface area contributed by atoms with Gasteiger partial charge < -0.3 is 9.84 Å². The van der Waals surface area contributed by atoms with Crippen LogP contribution in [0.5, 0.6) is 0 Å². The summed E-state index contributed by atoms with van der Waals surface area (Å²) in [4.78, 5) is 15.7. The summed E-state index contributed by atoms with van der Waals surface area (Å²) in [7, 11) is 0. The van der Waals surface area contributed by atoms with E-state index in [1.54, 1.807) is 13.0 Å². The minimum atomic E-state index is -4.41. The molecule has 5 nitrogen and oxygen atoms in total. The van der Waals surface area contributed by atoms with Crippen molar-refractivity contribution in [1.82, 2.24) is 10.1 Å². The summed E-state index contributed by atoms with van der Waals surface area (Å²) in [5.74, 6) is 0.346. The standard InChI is InChI=1S/C13H12F3N3O2S/c1-8-17-12(21-19-8)7-6-11(20)18-9-4-2-3-5-10(9)22-13(14,15)16/h2-5H,6-7H2,1H3,(H,18,20). The zero-order valence-electron chi connectivity index (χ0n) is 11.5. The molecule has 0 radical (unpaired) electrons. The molecule has 2 rings (SSSR count). The largest absolute Gasteiger partial charge is 0.446 e. The fourth-order valence-corrected chi connectivity index (χ4v) is 2.28. The fourth-order valence-electron chi connectivity index (χ4n) is 1.66. The number of anilines is 1. The molecular weight excluding hydrogens is 319 g/mol. The molecule has 22 heavy (non-hydrogen) atoms. The molecule has 1 N–H and O–H groups in total. The predicted molar refractivity (Wildman–Crippen MR) is 74.3 cm³/mol. The third-order valence-corrected chi connectivity index (χ3v) is 3.33. The number of carbonyl (C=O) groups excluding carboxylic acids is 1. The molecule has 0 aliphatic heterocycles. The minimum absolute atomic E-state index is 0.0344. The number of rotatable bonds is 5. The maximum absolute atomic E-state index is 12.5. The van der Waals surface area contributed by atoms with E-state index in [2.05, 4.69) is 15.5 Å². The molecule has 0 fully saturated rings. The summed E-state index contributed by atoms with van der Waals surface area (Å²) in [6.45, 7) is 1.65. The lowest BCUT2D eigenvalue weighted by Crippen LogP contribution is -2.13. The first-order valence-electron chi connectivity index (χ1n) is 6.27. The number of hydrogen-bond donors (Lipinski definition) is 1. The summed E-state index contributed by atoms with van der Waals surface area (Å²) < 4.78 is 42.2. The van der Waals surface area contributed by atoms with E-state index in [9.17, 15) is 18.0 Å². The third-order valence-electron chi connectivity index (χ3n) is 2.52. The van der Waals surface area contributed by atoms with Gasteiger partial charge in [-0.2, -0.15) is 18.2 Å². The topological polar surface area (TPSA) is 68.0 Å². The van der Waals surface area contributed by atoms with Gasteiger partial charge in [-0.3, -0.25) is 4.79 Å². The Morgan fingerprint density at radius 2 is 2.09 bits per heavy atom. The quantitative estimate of drug-likeness (QED) is 0.849. The third kappa shape index (κ3) is 5.06. The lowest BCUT2D eigenvalue weighted by molar-refractivity contribution is -0.116. The summed E-state index contributed by atoms with van der Waals surface area (Å²) in [5.41, 5.74) is -4.29. The second kappa shape index (κ2) is 6.82. The zero-order valence-corrected chi connectivity index (χ0v) is 12.3. The molecule has 0 bridgehead atoms. The summed E-state index contributed by atoms with van der Waals surface area (Å²) >= 11 is -0.268. The maximum Gasteiger partial charge on any atom is 0.446 e. The van der Waals surface area contributed by atoms with Gasteiger partial charge in [0.15, 0.2) is 5.82 Å². The molecule has 0 spiro atoms. The number of para-hydroxylation sites is 1. The average Bonchev–Trinajstić information content (AvgIpc) is 2.83. The molecular formula is C13H12F3N3O2S. The van der Waals surface area contributed by atoms with Gasteiger partial charge in [0.1, 0.15) is 0 Å². The van der Waals surface area contributed by atoms with Gasteiger partial charge in [0.2, 0.25) is 11.8 Å². The van der Waals surface area contributed by atoms with E-state index in [0.29, 0.717) is 11.7 Å². The van der Waals surface area contributed by atoms with Gasteiger partial charge in [-0.05, 0) is 30.8 Å². The molecule has 1 heterocycles. The van der Waals surface area contributed by atoms with Crippen LogP contribution in [0.1, 0.15) is 18.1 Å². The number of carbonyl (C=O) groups is 1. The molecule has 1 amide bonds. The highest BCUT2D eigenvalue weighted by molar-refractivity contribution is 8.00. The molecule has 0 saturated carbocycles. The van der Waals surface area contributed by atoms with Crippen LogP contribution in [0, 0.1) is 6.92 Å². The van der Waals surface area contributed by atoms with E-state index >= 15 is 0 Å². The zero-order chi connectivity index (χ0) is 16.2. The molecule has 0 unspecified atom stereocenters. The van der Waals surface area contributed by atoms with E-state index in [0.717, 1.165) is 0 Å². The van der Waals surface area contributed by atoms with Gasteiger partial charge in [0, 0.05) is 17.7 Å². The van der Waals surface area contributed by atoms with Gasteiger partial charge >= 0.3 is 5.51 Å². The van der Waals surface area contributed by atoms with Gasteiger partial charge in [0.05, 0.1) is 5.69 Å². The Morgan fingerprint density at radius 1 is 1.36 bits per heavy atom. The number of alkyl halides is 3. The number of thioether (sulfide) groups is 1. The van der Waals surface area contributed by atoms with E-state index in [4.69, 9.17) is 4.52 Å². The van der Waals surface area contributed by atoms with Gasteiger partial charge in [-0.1, -0.05) is 17.3 Å². The Hall–Kier alpha value is -2.03. The van der Waals surface area contributed by atoms with E-state index in [1.807, 2.05) is 0 Å². The van der Waals surface area contributed by atoms with Crippen LogP contribution in [0.3, 0.4) is 0 Å². The van der Waals surface area contributed by atoms with Crippen LogP contribution in [0.4, 0.5) is 18.9 Å². The van der Waals surface area contributed by atoms with Crippen molar-refractivity contribution in [3.63, 3.8) is 0 Å². The van der Waals surface area contributed by atoms with Crippen molar-refractivity contribution >= 4 is 23.4 Å². The molecule has 0 aliphatic rings. The first kappa shape index (κ1) is 16.3. The van der Waals surface area contributed by atoms with Crippen molar-refractivity contribution in [3.8, 4) is 0 Å². The van der Waals surface area contributed by atoms with Crippen molar-refractivity contribution in [2.75, 3.05) is 5.32 Å². The monoisotopic (exact) mass is 331 g/mol.